The third-order valence-corrected chi connectivity index (χ3v) is 4.70. The van der Waals surface area contributed by atoms with Gasteiger partial charge in [0, 0.05) is 30.4 Å². The molecule has 0 aliphatic carbocycles. The lowest BCUT2D eigenvalue weighted by Crippen LogP contribution is -2.62. The zero-order valence-corrected chi connectivity index (χ0v) is 15.4. The highest BCUT2D eigenvalue weighted by Gasteiger charge is 2.41. The molecule has 1 aromatic rings. The number of aromatic hydroxyl groups is 1. The summed E-state index contributed by atoms with van der Waals surface area (Å²) in [4.78, 5) is 21.6. The quantitative estimate of drug-likeness (QED) is 0.221. The number of rotatable bonds is 7. The van der Waals surface area contributed by atoms with Gasteiger partial charge in [-0.2, -0.15) is 0 Å². The molecule has 0 radical (unpaired) electrons. The Balaban J connectivity index is 2.04. The number of nitrogens with one attached hydrogen (secondary N) is 1. The Hall–Kier alpha value is -1.18. The molecule has 5 atom stereocenters. The molecule has 0 aromatic carbocycles. The molecule has 0 amide bonds. The van der Waals surface area contributed by atoms with E-state index in [1.165, 1.54) is 6.20 Å². The Morgan fingerprint density at radius 3 is 2.63 bits per heavy atom. The van der Waals surface area contributed by atoms with Crippen molar-refractivity contribution < 1.29 is 44.0 Å². The van der Waals surface area contributed by atoms with Crippen LogP contribution in [0, 0.1) is 6.92 Å². The molecule has 12 nitrogen and oxygen atoms in total. The lowest BCUT2D eigenvalue weighted by Gasteiger charge is -2.39. The number of phosphoric ester groups is 1. The van der Waals surface area contributed by atoms with E-state index >= 15 is 0 Å². The highest BCUT2D eigenvalue weighted by molar-refractivity contribution is 7.46. The van der Waals surface area contributed by atoms with Gasteiger partial charge in [-0.25, -0.2) is 4.57 Å². The summed E-state index contributed by atoms with van der Waals surface area (Å²) in [7, 11) is -4.70. The fraction of sp³-hybridized carbons (Fsp3) is 0.643. The maximum atomic E-state index is 10.9. The van der Waals surface area contributed by atoms with Gasteiger partial charge in [0.1, 0.15) is 24.1 Å². The van der Waals surface area contributed by atoms with Crippen molar-refractivity contribution in [1.29, 1.82) is 0 Å². The third kappa shape index (κ3) is 5.65. The zero-order valence-electron chi connectivity index (χ0n) is 14.5. The second-order valence-corrected chi connectivity index (χ2v) is 7.45. The van der Waals surface area contributed by atoms with E-state index in [1.807, 2.05) is 0 Å². The molecule has 0 unspecified atom stereocenters. The molecule has 1 fully saturated rings. The maximum absolute atomic E-state index is 10.9. The predicted molar refractivity (Wildman–Crippen MR) is 90.0 cm³/mol. The van der Waals surface area contributed by atoms with Crippen LogP contribution >= 0.6 is 7.82 Å². The molecule has 27 heavy (non-hydrogen) atoms. The van der Waals surface area contributed by atoms with Gasteiger partial charge >= 0.3 is 7.82 Å². The lowest BCUT2D eigenvalue weighted by molar-refractivity contribution is -0.240. The zero-order chi connectivity index (χ0) is 20.4. The average molecular weight is 409 g/mol. The first-order valence-electron chi connectivity index (χ1n) is 8.03. The van der Waals surface area contributed by atoms with Gasteiger partial charge in [-0.05, 0) is 6.92 Å². The molecule has 2 rings (SSSR count). The Kier molecular flexibility index (Phi) is 7.27. The number of pyridine rings is 1. The number of aromatic nitrogens is 1. The van der Waals surface area contributed by atoms with E-state index in [9.17, 15) is 25.0 Å². The second-order valence-electron chi connectivity index (χ2n) is 6.21. The average Bonchev–Trinajstić information content (AvgIpc) is 2.59. The number of ether oxygens (including phenoxy) is 1. The summed E-state index contributed by atoms with van der Waals surface area (Å²) in [6.45, 7) is 1.08. The van der Waals surface area contributed by atoms with Gasteiger partial charge in [0.15, 0.2) is 6.29 Å². The fourth-order valence-corrected chi connectivity index (χ4v) is 2.94. The van der Waals surface area contributed by atoms with Gasteiger partial charge in [-0.3, -0.25) is 9.51 Å². The van der Waals surface area contributed by atoms with E-state index in [2.05, 4.69) is 14.8 Å². The molecule has 13 heteroatoms. The van der Waals surface area contributed by atoms with Crippen LogP contribution in [0.15, 0.2) is 6.20 Å². The summed E-state index contributed by atoms with van der Waals surface area (Å²) >= 11 is 0. The predicted octanol–water partition coefficient (Wildman–Crippen LogP) is -2.44. The van der Waals surface area contributed by atoms with Gasteiger partial charge in [0.2, 0.25) is 0 Å². The summed E-state index contributed by atoms with van der Waals surface area (Å²) in [5, 5.41) is 42.5. The van der Waals surface area contributed by atoms with Crippen LogP contribution in [0.25, 0.3) is 0 Å². The highest BCUT2D eigenvalue weighted by Crippen LogP contribution is 2.38. The van der Waals surface area contributed by atoms with Crippen LogP contribution in [0.5, 0.6) is 5.75 Å². The van der Waals surface area contributed by atoms with Gasteiger partial charge in [0.25, 0.3) is 0 Å². The Morgan fingerprint density at radius 1 is 1.33 bits per heavy atom. The van der Waals surface area contributed by atoms with Crippen LogP contribution < -0.4 is 11.1 Å². The van der Waals surface area contributed by atoms with Crippen LogP contribution in [0.2, 0.25) is 0 Å². The van der Waals surface area contributed by atoms with Crippen molar-refractivity contribution in [2.75, 3.05) is 6.54 Å². The molecule has 1 aromatic heterocycles. The minimum atomic E-state index is -4.70. The Bertz CT molecular complexity index is 701. The Morgan fingerprint density at radius 2 is 2.00 bits per heavy atom. The van der Waals surface area contributed by atoms with Crippen LogP contribution in [0.4, 0.5) is 0 Å². The smallest absolute Gasteiger partial charge is 0.469 e. The molecular weight excluding hydrogens is 385 g/mol. The van der Waals surface area contributed by atoms with Gasteiger partial charge in [-0.15, -0.1) is 0 Å². The minimum absolute atomic E-state index is 0.0123. The van der Waals surface area contributed by atoms with Crippen LogP contribution in [-0.2, 0) is 27.0 Å². The van der Waals surface area contributed by atoms with Crippen LogP contribution in [-0.4, -0.2) is 72.4 Å². The standard InChI is InChI=1S/C14H24N3O9P/c1-6-11(18)8(7(2-17-6)5-25-27(22,23)24)3-16-4-9-12(19)13(20)10(15)14(21)26-9/h2,9-10,12-14,16,18-21H,3-5,15H2,1H3,(H2,22,23,24)/t9-,10-,12-,13-,14+/m1/s1. The SMILES string of the molecule is Cc1ncc(COP(=O)(O)O)c(CNC[C@H]2O[C@H](O)[C@H](N)[C@@H](O)[C@@H]2O)c1O. The van der Waals surface area contributed by atoms with E-state index in [1.54, 1.807) is 6.92 Å². The lowest BCUT2D eigenvalue weighted by atomic mass is 9.97. The van der Waals surface area contributed by atoms with E-state index in [0.29, 0.717) is 11.3 Å². The number of hydrogen-bond acceptors (Lipinski definition) is 10. The van der Waals surface area contributed by atoms with E-state index in [0.717, 1.165) is 0 Å². The molecule has 1 aliphatic rings. The number of aryl methyl sites for hydroxylation is 1. The summed E-state index contributed by atoms with van der Waals surface area (Å²) in [6, 6.07) is -1.14. The summed E-state index contributed by atoms with van der Waals surface area (Å²) < 4.78 is 20.5. The van der Waals surface area contributed by atoms with Crippen LogP contribution in [0.3, 0.4) is 0 Å². The van der Waals surface area contributed by atoms with Crippen molar-refractivity contribution in [2.24, 2.45) is 5.73 Å². The van der Waals surface area contributed by atoms with E-state index in [-0.39, 0.29) is 24.4 Å². The molecule has 9 N–H and O–H groups in total. The fourth-order valence-electron chi connectivity index (χ4n) is 2.63. The molecule has 0 spiro atoms. The molecule has 0 bridgehead atoms. The van der Waals surface area contributed by atoms with Crippen LogP contribution in [0.1, 0.15) is 16.8 Å². The van der Waals surface area contributed by atoms with Crippen molar-refractivity contribution in [2.45, 2.75) is 50.7 Å². The minimum Gasteiger partial charge on any atom is -0.506 e. The number of nitrogens with two attached hydrogens (primary N) is 1. The van der Waals surface area contributed by atoms with Gasteiger partial charge in [-0.1, -0.05) is 0 Å². The molecule has 1 aliphatic heterocycles. The van der Waals surface area contributed by atoms with Crippen molar-refractivity contribution in [3.05, 3.63) is 23.0 Å². The van der Waals surface area contributed by atoms with Gasteiger partial charge < -0.3 is 46.0 Å². The number of hydrogen-bond donors (Lipinski definition) is 8. The van der Waals surface area contributed by atoms with Gasteiger partial charge in [0.05, 0.1) is 18.3 Å². The molecule has 2 heterocycles. The molecule has 154 valence electrons. The number of nitrogens with zero attached hydrogens (tertiary/aromatic N) is 1. The topological polar surface area (TPSA) is 208 Å². The maximum Gasteiger partial charge on any atom is 0.469 e. The highest BCUT2D eigenvalue weighted by atomic mass is 31.2. The summed E-state index contributed by atoms with van der Waals surface area (Å²) in [5.41, 5.74) is 6.34. The first kappa shape index (κ1) is 22.1. The first-order chi connectivity index (χ1) is 12.5. The molecule has 0 saturated carbocycles. The van der Waals surface area contributed by atoms with E-state index < -0.39 is 45.1 Å². The second kappa shape index (κ2) is 8.88. The normalized spacial score (nSPS) is 29.1. The van der Waals surface area contributed by atoms with E-state index in [4.69, 9.17) is 20.3 Å². The molecular formula is C14H24N3O9P. The third-order valence-electron chi connectivity index (χ3n) is 4.23. The monoisotopic (exact) mass is 409 g/mol. The first-order valence-corrected chi connectivity index (χ1v) is 9.56. The molecule has 1 saturated heterocycles. The van der Waals surface area contributed by atoms with Crippen molar-refractivity contribution >= 4 is 7.82 Å². The Labute approximate surface area is 154 Å². The van der Waals surface area contributed by atoms with Crippen molar-refractivity contribution in [1.82, 2.24) is 10.3 Å². The number of aliphatic hydroxyl groups is 3. The number of phosphoric acid groups is 1. The largest absolute Gasteiger partial charge is 0.506 e. The summed E-state index contributed by atoms with van der Waals surface area (Å²) in [5.74, 6) is -0.179. The van der Waals surface area contributed by atoms with Crippen molar-refractivity contribution in [3.63, 3.8) is 0 Å². The number of aliphatic hydroxyl groups excluding tert-OH is 3. The van der Waals surface area contributed by atoms with Crippen molar-refractivity contribution in [3.8, 4) is 5.75 Å². The summed E-state index contributed by atoms with van der Waals surface area (Å²) in [6.07, 6.45) is -3.79.